The van der Waals surface area contributed by atoms with E-state index in [0.29, 0.717) is 23.2 Å². The number of fused-ring (bicyclic) bond motifs is 2. The molecule has 0 spiro atoms. The maximum Gasteiger partial charge on any atom is 0.281 e. The van der Waals surface area contributed by atoms with E-state index in [0.717, 1.165) is 25.2 Å². The van der Waals surface area contributed by atoms with Crippen molar-refractivity contribution in [3.05, 3.63) is 42.5 Å². The molecule has 4 aromatic rings. The first kappa shape index (κ1) is 23.6. The average Bonchev–Trinajstić information content (AvgIpc) is 3.53. The molecule has 1 aliphatic carbocycles. The number of pyridine rings is 3. The van der Waals surface area contributed by atoms with E-state index in [4.69, 9.17) is 4.74 Å². The molecule has 37 heavy (non-hydrogen) atoms. The number of carbonyl (C=O) groups excluding carboxylic acids is 1. The number of hydrogen-bond donors (Lipinski definition) is 1. The lowest BCUT2D eigenvalue weighted by Gasteiger charge is -2.24. The minimum absolute atomic E-state index is 0.106. The van der Waals surface area contributed by atoms with E-state index < -0.39 is 30.1 Å². The number of anilines is 2. The molecule has 12 heteroatoms. The molecule has 4 aromatic heterocycles. The number of amides is 1. The van der Waals surface area contributed by atoms with Crippen LogP contribution in [0.15, 0.2) is 36.8 Å². The molecule has 0 bridgehead atoms. The Morgan fingerprint density at radius 1 is 1.22 bits per heavy atom. The molecule has 0 unspecified atom stereocenters. The van der Waals surface area contributed by atoms with Crippen LogP contribution in [-0.4, -0.2) is 62.4 Å². The molecule has 1 aliphatic heterocycles. The van der Waals surface area contributed by atoms with Crippen LogP contribution in [0.4, 0.5) is 24.7 Å². The summed E-state index contributed by atoms with van der Waals surface area (Å²) in [5.41, 5.74) is 1.53. The van der Waals surface area contributed by atoms with Crippen molar-refractivity contribution >= 4 is 33.8 Å². The maximum absolute atomic E-state index is 13.7. The zero-order valence-corrected chi connectivity index (χ0v) is 19.9. The number of rotatable bonds is 5. The summed E-state index contributed by atoms with van der Waals surface area (Å²) in [4.78, 5) is 27.1. The molecule has 5 heterocycles. The van der Waals surface area contributed by atoms with Gasteiger partial charge in [0.1, 0.15) is 17.7 Å². The number of nitrogens with zero attached hydrogens (tertiary/aromatic N) is 6. The zero-order valence-electron chi connectivity index (χ0n) is 19.9. The molecule has 0 radical (unpaired) electrons. The van der Waals surface area contributed by atoms with Crippen LogP contribution < -0.4 is 10.2 Å². The summed E-state index contributed by atoms with van der Waals surface area (Å²) >= 11 is 0. The van der Waals surface area contributed by atoms with Crippen LogP contribution in [0.1, 0.15) is 31.9 Å². The Kier molecular flexibility index (Phi) is 5.90. The van der Waals surface area contributed by atoms with Gasteiger partial charge in [0, 0.05) is 48.4 Å². The van der Waals surface area contributed by atoms with Gasteiger partial charge in [0.05, 0.1) is 23.9 Å². The normalized spacial score (nSPS) is 22.0. The van der Waals surface area contributed by atoms with Crippen molar-refractivity contribution in [3.8, 4) is 11.4 Å². The van der Waals surface area contributed by atoms with Gasteiger partial charge in [-0.3, -0.25) is 9.78 Å². The monoisotopic (exact) mass is 511 g/mol. The van der Waals surface area contributed by atoms with Crippen LogP contribution in [0.3, 0.4) is 0 Å². The second-order valence-corrected chi connectivity index (χ2v) is 9.43. The summed E-state index contributed by atoms with van der Waals surface area (Å²) < 4.78 is 48.1. The molecule has 2 aliphatic rings. The van der Waals surface area contributed by atoms with E-state index in [9.17, 15) is 18.0 Å². The third kappa shape index (κ3) is 4.57. The van der Waals surface area contributed by atoms with Crippen LogP contribution in [0, 0.1) is 5.92 Å². The van der Waals surface area contributed by atoms with Gasteiger partial charge in [-0.05, 0) is 38.0 Å². The predicted molar refractivity (Wildman–Crippen MR) is 130 cm³/mol. The number of aromatic nitrogens is 5. The van der Waals surface area contributed by atoms with E-state index in [1.54, 1.807) is 4.52 Å². The Balaban J connectivity index is 1.39. The van der Waals surface area contributed by atoms with Gasteiger partial charge in [-0.2, -0.15) is 0 Å². The van der Waals surface area contributed by atoms with Gasteiger partial charge in [0.2, 0.25) is 5.91 Å². The highest BCUT2D eigenvalue weighted by Gasteiger charge is 2.43. The van der Waals surface area contributed by atoms with Crippen molar-refractivity contribution in [2.75, 3.05) is 29.9 Å². The van der Waals surface area contributed by atoms with Gasteiger partial charge in [-0.15, -0.1) is 5.10 Å². The third-order valence-corrected chi connectivity index (χ3v) is 6.68. The topological polar surface area (TPSA) is 97.5 Å². The van der Waals surface area contributed by atoms with Crippen molar-refractivity contribution in [2.24, 2.45) is 5.92 Å². The summed E-state index contributed by atoms with van der Waals surface area (Å²) in [6.07, 6.45) is 1.62. The van der Waals surface area contributed by atoms with Gasteiger partial charge >= 0.3 is 0 Å². The lowest BCUT2D eigenvalue weighted by molar-refractivity contribution is -0.117. The standard InChI is InChI=1S/C25H24F3N7O2/c1-13-11-34(5-2-6-37-13)14-3-4-21-32-24(33-35(21)12-14)18-10-30-22(23(27)28)17-9-29-20(8-15(17)18)31-25(36)16-7-19(16)26/h3-4,8-10,12-13,16,19,23H,2,5-7,11H2,1H3,(H,29,31,36)/t13-,16-,19+/m1/s1. The van der Waals surface area contributed by atoms with Gasteiger partial charge in [0.25, 0.3) is 6.43 Å². The Labute approximate surface area is 209 Å². The van der Waals surface area contributed by atoms with Gasteiger partial charge in [-0.1, -0.05) is 0 Å². The molecule has 6 rings (SSSR count). The molecule has 1 N–H and O–H groups in total. The van der Waals surface area contributed by atoms with Gasteiger partial charge in [0.15, 0.2) is 11.5 Å². The molecule has 3 atom stereocenters. The summed E-state index contributed by atoms with van der Waals surface area (Å²) in [6, 6.07) is 5.29. The molecule has 1 saturated heterocycles. The lowest BCUT2D eigenvalue weighted by Crippen LogP contribution is -2.30. The Morgan fingerprint density at radius 3 is 2.84 bits per heavy atom. The summed E-state index contributed by atoms with van der Waals surface area (Å²) in [5.74, 6) is -0.778. The number of halogens is 3. The fraction of sp³-hybridized carbons (Fsp3) is 0.400. The van der Waals surface area contributed by atoms with Crippen LogP contribution in [-0.2, 0) is 9.53 Å². The quantitative estimate of drug-likeness (QED) is 0.429. The minimum atomic E-state index is -2.82. The molecule has 2 fully saturated rings. The van der Waals surface area contributed by atoms with Crippen molar-refractivity contribution in [1.82, 2.24) is 24.6 Å². The van der Waals surface area contributed by atoms with Gasteiger partial charge in [-0.25, -0.2) is 27.7 Å². The van der Waals surface area contributed by atoms with E-state index in [1.807, 2.05) is 25.3 Å². The Bertz CT molecular complexity index is 1490. The average molecular weight is 512 g/mol. The molecular weight excluding hydrogens is 487 g/mol. The molecule has 9 nitrogen and oxygen atoms in total. The fourth-order valence-corrected chi connectivity index (χ4v) is 4.63. The molecule has 192 valence electrons. The smallest absolute Gasteiger partial charge is 0.281 e. The van der Waals surface area contributed by atoms with E-state index in [-0.39, 0.29) is 29.6 Å². The molecule has 1 saturated carbocycles. The first-order valence-electron chi connectivity index (χ1n) is 12.1. The summed E-state index contributed by atoms with van der Waals surface area (Å²) in [5, 5.41) is 7.66. The van der Waals surface area contributed by atoms with Crippen LogP contribution in [0.2, 0.25) is 0 Å². The number of ether oxygens (including phenoxy) is 1. The lowest BCUT2D eigenvalue weighted by atomic mass is 10.1. The zero-order chi connectivity index (χ0) is 25.7. The SMILES string of the molecule is C[C@@H]1CN(c2ccc3nc(-c4cnc(C(F)F)c5cnc(NC(=O)[C@@H]6C[C@@H]6F)cc45)nn3c2)CCCO1. The first-order chi connectivity index (χ1) is 17.9. The van der Waals surface area contributed by atoms with Crippen LogP contribution >= 0.6 is 0 Å². The number of carbonyl (C=O) groups is 1. The van der Waals surface area contributed by atoms with Crippen LogP contribution in [0.5, 0.6) is 0 Å². The molecular formula is C25H24F3N7O2. The maximum atomic E-state index is 13.7. The molecule has 1 amide bonds. The largest absolute Gasteiger partial charge is 0.377 e. The Hall–Kier alpha value is -3.80. The highest BCUT2D eigenvalue weighted by atomic mass is 19.3. The van der Waals surface area contributed by atoms with E-state index in [1.165, 1.54) is 18.5 Å². The second-order valence-electron chi connectivity index (χ2n) is 9.43. The van der Waals surface area contributed by atoms with Crippen LogP contribution in [0.25, 0.3) is 27.8 Å². The summed E-state index contributed by atoms with van der Waals surface area (Å²) in [6.45, 7) is 4.36. The van der Waals surface area contributed by atoms with Crippen molar-refractivity contribution in [2.45, 2.75) is 38.5 Å². The highest BCUT2D eigenvalue weighted by molar-refractivity contribution is 6.00. The van der Waals surface area contributed by atoms with E-state index in [2.05, 4.69) is 30.3 Å². The molecule has 0 aromatic carbocycles. The third-order valence-electron chi connectivity index (χ3n) is 6.68. The minimum Gasteiger partial charge on any atom is -0.377 e. The summed E-state index contributed by atoms with van der Waals surface area (Å²) in [7, 11) is 0. The highest BCUT2D eigenvalue weighted by Crippen LogP contribution is 2.36. The van der Waals surface area contributed by atoms with Crippen molar-refractivity contribution in [3.63, 3.8) is 0 Å². The number of hydrogen-bond acceptors (Lipinski definition) is 7. The second kappa shape index (κ2) is 9.25. The van der Waals surface area contributed by atoms with Crippen molar-refractivity contribution in [1.29, 1.82) is 0 Å². The number of alkyl halides is 3. The first-order valence-corrected chi connectivity index (χ1v) is 12.1. The van der Waals surface area contributed by atoms with E-state index >= 15 is 0 Å². The predicted octanol–water partition coefficient (Wildman–Crippen LogP) is 4.19. The Morgan fingerprint density at radius 2 is 2.05 bits per heavy atom. The fourth-order valence-electron chi connectivity index (χ4n) is 4.63. The van der Waals surface area contributed by atoms with Gasteiger partial charge < -0.3 is 15.0 Å². The number of nitrogens with one attached hydrogen (secondary N) is 1. The van der Waals surface area contributed by atoms with Crippen molar-refractivity contribution < 1.29 is 22.7 Å².